The average molecular weight is 434 g/mol. The lowest BCUT2D eigenvalue weighted by molar-refractivity contribution is 0.361. The van der Waals surface area contributed by atoms with Crippen LogP contribution in [0.25, 0.3) is 0 Å². The van der Waals surface area contributed by atoms with E-state index in [2.05, 4.69) is 55.2 Å². The summed E-state index contributed by atoms with van der Waals surface area (Å²) in [6.07, 6.45) is 0. The number of rotatable bonds is 8. The Hall–Kier alpha value is -1.02. The lowest BCUT2D eigenvalue weighted by Gasteiger charge is -2.22. The summed E-state index contributed by atoms with van der Waals surface area (Å²) in [5.74, 6) is 1.83. The normalized spacial score (nSPS) is 11.1. The van der Waals surface area contributed by atoms with Gasteiger partial charge in [0.15, 0.2) is 5.96 Å². The number of nitrogens with one attached hydrogen (secondary N) is 1. The molecule has 0 amide bonds. The van der Waals surface area contributed by atoms with Gasteiger partial charge in [0.25, 0.3) is 0 Å². The van der Waals surface area contributed by atoms with Crippen LogP contribution in [0.2, 0.25) is 0 Å². The van der Waals surface area contributed by atoms with Gasteiger partial charge in [0, 0.05) is 26.7 Å². The van der Waals surface area contributed by atoms with E-state index < -0.39 is 0 Å². The second-order valence-electron chi connectivity index (χ2n) is 5.34. The monoisotopic (exact) mass is 434 g/mol. The topological polar surface area (TPSA) is 40.1 Å². The van der Waals surface area contributed by atoms with Gasteiger partial charge < -0.3 is 19.9 Å². The molecular weight excluding hydrogens is 403 g/mol. The van der Waals surface area contributed by atoms with E-state index in [-0.39, 0.29) is 24.0 Å². The number of ether oxygens (including phenoxy) is 1. The maximum atomic E-state index is 5.19. The molecule has 0 saturated heterocycles. The van der Waals surface area contributed by atoms with Gasteiger partial charge in [-0.25, -0.2) is 0 Å². The smallest absolute Gasteiger partial charge is 0.194 e. The fourth-order valence-electron chi connectivity index (χ4n) is 2.03. The molecule has 0 saturated carbocycles. The Morgan fingerprint density at radius 3 is 2.35 bits per heavy atom. The average Bonchev–Trinajstić information content (AvgIpc) is 2.54. The Labute approximate surface area is 158 Å². The Morgan fingerprint density at radius 2 is 1.83 bits per heavy atom. The molecule has 5 nitrogen and oxygen atoms in total. The van der Waals surface area contributed by atoms with E-state index in [0.717, 1.165) is 44.4 Å². The van der Waals surface area contributed by atoms with E-state index in [1.165, 1.54) is 5.56 Å². The molecule has 1 rings (SSSR count). The van der Waals surface area contributed by atoms with Crippen LogP contribution in [0, 0.1) is 0 Å². The van der Waals surface area contributed by atoms with Crippen LogP contribution in [0.5, 0.6) is 5.75 Å². The van der Waals surface area contributed by atoms with E-state index in [4.69, 9.17) is 9.73 Å². The number of methoxy groups -OCH3 is 1. The molecule has 6 heteroatoms. The highest BCUT2D eigenvalue weighted by molar-refractivity contribution is 14.0. The molecule has 0 aliphatic carbocycles. The van der Waals surface area contributed by atoms with Gasteiger partial charge in [-0.1, -0.05) is 19.1 Å². The first-order chi connectivity index (χ1) is 10.6. The Morgan fingerprint density at radius 1 is 1.17 bits per heavy atom. The summed E-state index contributed by atoms with van der Waals surface area (Å²) in [6, 6.07) is 8.15. The van der Waals surface area contributed by atoms with E-state index in [0.29, 0.717) is 0 Å². The summed E-state index contributed by atoms with van der Waals surface area (Å²) in [5.41, 5.74) is 1.24. The SMILES string of the molecule is CCNC(=NCCN(C)CC)N(C)Cc1ccc(OC)cc1.I. The van der Waals surface area contributed by atoms with E-state index in [1.54, 1.807) is 7.11 Å². The number of hydrogen-bond donors (Lipinski definition) is 1. The quantitative estimate of drug-likeness (QED) is 0.388. The second kappa shape index (κ2) is 12.4. The van der Waals surface area contributed by atoms with Gasteiger partial charge in [-0.2, -0.15) is 0 Å². The molecule has 0 fully saturated rings. The summed E-state index contributed by atoms with van der Waals surface area (Å²) in [7, 11) is 5.86. The highest BCUT2D eigenvalue weighted by Gasteiger charge is 2.06. The standard InChI is InChI=1S/C17H30N4O.HI/c1-6-18-17(19-12-13-20(3)7-2)21(4)14-15-8-10-16(22-5)11-9-15;/h8-11H,6-7,12-14H2,1-5H3,(H,18,19);1H. The molecule has 1 N–H and O–H groups in total. The van der Waals surface area contributed by atoms with Crippen molar-refractivity contribution in [2.24, 2.45) is 4.99 Å². The third-order valence-electron chi connectivity index (χ3n) is 3.56. The molecule has 0 heterocycles. The van der Waals surface area contributed by atoms with Crippen molar-refractivity contribution in [2.45, 2.75) is 20.4 Å². The van der Waals surface area contributed by atoms with E-state index in [9.17, 15) is 0 Å². The van der Waals surface area contributed by atoms with Gasteiger partial charge in [0.05, 0.1) is 13.7 Å². The molecule has 23 heavy (non-hydrogen) atoms. The van der Waals surface area contributed by atoms with Gasteiger partial charge in [-0.3, -0.25) is 4.99 Å². The Balaban J connectivity index is 0.00000484. The summed E-state index contributed by atoms with van der Waals surface area (Å²) < 4.78 is 5.19. The maximum absolute atomic E-state index is 5.19. The first-order valence-corrected chi connectivity index (χ1v) is 7.91. The van der Waals surface area contributed by atoms with Crippen molar-refractivity contribution in [3.63, 3.8) is 0 Å². The third kappa shape index (κ3) is 8.41. The predicted octanol–water partition coefficient (Wildman–Crippen LogP) is 2.66. The van der Waals surface area contributed by atoms with Crippen molar-refractivity contribution in [1.29, 1.82) is 0 Å². The van der Waals surface area contributed by atoms with Gasteiger partial charge in [0.1, 0.15) is 5.75 Å². The number of halogens is 1. The Bertz CT molecular complexity index is 450. The molecule has 132 valence electrons. The van der Waals surface area contributed by atoms with Crippen molar-refractivity contribution in [3.05, 3.63) is 29.8 Å². The maximum Gasteiger partial charge on any atom is 0.194 e. The van der Waals surface area contributed by atoms with Crippen molar-refractivity contribution in [3.8, 4) is 5.75 Å². The highest BCUT2D eigenvalue weighted by Crippen LogP contribution is 2.12. The van der Waals surface area contributed by atoms with Crippen molar-refractivity contribution >= 4 is 29.9 Å². The summed E-state index contributed by atoms with van der Waals surface area (Å²) in [5, 5.41) is 3.35. The van der Waals surface area contributed by atoms with Crippen LogP contribution in [0.1, 0.15) is 19.4 Å². The fourth-order valence-corrected chi connectivity index (χ4v) is 2.03. The minimum atomic E-state index is 0. The van der Waals surface area contributed by atoms with Crippen LogP contribution < -0.4 is 10.1 Å². The molecule has 0 aliphatic heterocycles. The van der Waals surface area contributed by atoms with Crippen LogP contribution in [-0.2, 0) is 6.54 Å². The Kier molecular flexibility index (Phi) is 11.9. The van der Waals surface area contributed by atoms with E-state index >= 15 is 0 Å². The third-order valence-corrected chi connectivity index (χ3v) is 3.56. The number of guanidine groups is 1. The minimum absolute atomic E-state index is 0. The molecule has 0 spiro atoms. The molecule has 0 unspecified atom stereocenters. The highest BCUT2D eigenvalue weighted by atomic mass is 127. The molecule has 0 atom stereocenters. The van der Waals surface area contributed by atoms with Crippen molar-refractivity contribution in [1.82, 2.24) is 15.1 Å². The van der Waals surface area contributed by atoms with Gasteiger partial charge in [-0.05, 0) is 38.2 Å². The number of aliphatic imine (C=N–C) groups is 1. The van der Waals surface area contributed by atoms with Crippen molar-refractivity contribution in [2.75, 3.05) is 47.4 Å². The number of hydrogen-bond acceptors (Lipinski definition) is 3. The largest absolute Gasteiger partial charge is 0.497 e. The number of benzene rings is 1. The zero-order chi connectivity index (χ0) is 16.4. The van der Waals surface area contributed by atoms with Gasteiger partial charge in [-0.15, -0.1) is 24.0 Å². The van der Waals surface area contributed by atoms with Crippen LogP contribution >= 0.6 is 24.0 Å². The van der Waals surface area contributed by atoms with Crippen LogP contribution in [0.3, 0.4) is 0 Å². The number of likely N-dealkylation sites (N-methyl/N-ethyl adjacent to an activating group) is 1. The first-order valence-electron chi connectivity index (χ1n) is 7.91. The lowest BCUT2D eigenvalue weighted by atomic mass is 10.2. The molecule has 0 bridgehead atoms. The molecule has 1 aromatic carbocycles. The fraction of sp³-hybridized carbons (Fsp3) is 0.588. The second-order valence-corrected chi connectivity index (χ2v) is 5.34. The summed E-state index contributed by atoms with van der Waals surface area (Å²) in [4.78, 5) is 9.11. The minimum Gasteiger partial charge on any atom is -0.497 e. The van der Waals surface area contributed by atoms with Gasteiger partial charge in [0.2, 0.25) is 0 Å². The molecule has 0 aliphatic rings. The molecule has 1 aromatic rings. The first kappa shape index (κ1) is 22.0. The van der Waals surface area contributed by atoms with E-state index in [1.807, 2.05) is 12.1 Å². The van der Waals surface area contributed by atoms with Crippen LogP contribution in [0.15, 0.2) is 29.3 Å². The zero-order valence-electron chi connectivity index (χ0n) is 15.0. The summed E-state index contributed by atoms with van der Waals surface area (Å²) >= 11 is 0. The summed E-state index contributed by atoms with van der Waals surface area (Å²) in [6.45, 7) is 8.77. The predicted molar refractivity (Wildman–Crippen MR) is 109 cm³/mol. The molecular formula is C17H31IN4O. The number of nitrogens with zero attached hydrogens (tertiary/aromatic N) is 3. The lowest BCUT2D eigenvalue weighted by Crippen LogP contribution is -2.39. The van der Waals surface area contributed by atoms with Crippen LogP contribution in [-0.4, -0.2) is 63.1 Å². The van der Waals surface area contributed by atoms with Crippen LogP contribution in [0.4, 0.5) is 0 Å². The zero-order valence-corrected chi connectivity index (χ0v) is 17.3. The van der Waals surface area contributed by atoms with Gasteiger partial charge >= 0.3 is 0 Å². The molecule has 0 aromatic heterocycles. The molecule has 0 radical (unpaired) electrons. The van der Waals surface area contributed by atoms with Crippen molar-refractivity contribution < 1.29 is 4.74 Å².